The molecule has 1 unspecified atom stereocenters. The number of rotatable bonds is 5. The van der Waals surface area contributed by atoms with Crippen molar-refractivity contribution in [1.82, 2.24) is 34.8 Å². The van der Waals surface area contributed by atoms with Gasteiger partial charge >= 0.3 is 0 Å². The lowest BCUT2D eigenvalue weighted by atomic mass is 10.1. The Kier molecular flexibility index (Phi) is 4.82. The third-order valence-corrected chi connectivity index (χ3v) is 4.30. The second-order valence-corrected chi connectivity index (χ2v) is 6.02. The third kappa shape index (κ3) is 3.81. The molecule has 0 spiro atoms. The minimum atomic E-state index is -0.149. The number of nitrogens with zero attached hydrogens (tertiary/aromatic N) is 6. The second kappa shape index (κ2) is 7.73. The predicted octanol–water partition coefficient (Wildman–Crippen LogP) is 2.11. The summed E-state index contributed by atoms with van der Waals surface area (Å²) in [5, 5.41) is 3.10. The first-order valence-electron chi connectivity index (χ1n) is 8.63. The Balaban J connectivity index is 1.56. The number of anilines is 2. The molecule has 9 heteroatoms. The summed E-state index contributed by atoms with van der Waals surface area (Å²) in [6, 6.07) is 1.59. The zero-order valence-electron chi connectivity index (χ0n) is 14.5. The third-order valence-electron chi connectivity index (χ3n) is 4.30. The van der Waals surface area contributed by atoms with Gasteiger partial charge in [0.15, 0.2) is 5.82 Å². The van der Waals surface area contributed by atoms with E-state index in [1.807, 2.05) is 4.90 Å². The molecule has 9 nitrogen and oxygen atoms in total. The van der Waals surface area contributed by atoms with E-state index >= 15 is 0 Å². The van der Waals surface area contributed by atoms with E-state index in [0.29, 0.717) is 24.0 Å². The number of imidazole rings is 1. The van der Waals surface area contributed by atoms with E-state index in [9.17, 15) is 4.79 Å². The summed E-state index contributed by atoms with van der Waals surface area (Å²) in [6.07, 6.45) is 14.8. The molecule has 1 saturated heterocycles. The zero-order valence-corrected chi connectivity index (χ0v) is 14.5. The van der Waals surface area contributed by atoms with Gasteiger partial charge in [0.2, 0.25) is 11.9 Å². The summed E-state index contributed by atoms with van der Waals surface area (Å²) in [6.45, 7) is 0.675. The molecule has 3 aromatic rings. The van der Waals surface area contributed by atoms with Crippen LogP contribution >= 0.6 is 0 Å². The van der Waals surface area contributed by atoms with Crippen LogP contribution in [-0.2, 0) is 4.79 Å². The highest BCUT2D eigenvalue weighted by molar-refractivity contribution is 5.92. The van der Waals surface area contributed by atoms with Gasteiger partial charge in [0.25, 0.3) is 0 Å². The molecule has 136 valence electrons. The zero-order chi connectivity index (χ0) is 18.5. The van der Waals surface area contributed by atoms with Gasteiger partial charge in [-0.2, -0.15) is 0 Å². The molecular weight excluding hydrogens is 344 g/mol. The van der Waals surface area contributed by atoms with E-state index in [-0.39, 0.29) is 11.9 Å². The Hall–Kier alpha value is -3.62. The number of hydrogen-bond donors (Lipinski definition) is 2. The Morgan fingerprint density at radius 2 is 2.04 bits per heavy atom. The van der Waals surface area contributed by atoms with Crippen molar-refractivity contribution in [2.75, 3.05) is 11.9 Å². The summed E-state index contributed by atoms with van der Waals surface area (Å²) in [4.78, 5) is 38.6. The van der Waals surface area contributed by atoms with Crippen LogP contribution in [0.5, 0.6) is 0 Å². The maximum Gasteiger partial charge on any atom is 0.247 e. The van der Waals surface area contributed by atoms with E-state index in [1.54, 1.807) is 55.5 Å². The van der Waals surface area contributed by atoms with Crippen LogP contribution in [0.15, 0.2) is 49.5 Å². The first-order chi connectivity index (χ1) is 13.3. The molecule has 0 saturated carbocycles. The fourth-order valence-corrected chi connectivity index (χ4v) is 3.09. The molecule has 4 heterocycles. The van der Waals surface area contributed by atoms with E-state index in [1.165, 1.54) is 0 Å². The highest BCUT2D eigenvalue weighted by Crippen LogP contribution is 2.34. The highest BCUT2D eigenvalue weighted by Gasteiger charge is 2.32. The van der Waals surface area contributed by atoms with Crippen LogP contribution in [0.4, 0.5) is 11.8 Å². The molecule has 1 aliphatic rings. The van der Waals surface area contributed by atoms with Crippen LogP contribution < -0.4 is 5.32 Å². The van der Waals surface area contributed by atoms with Crippen LogP contribution in [-0.4, -0.2) is 47.3 Å². The average molecular weight is 362 g/mol. The van der Waals surface area contributed by atoms with Crippen molar-refractivity contribution >= 4 is 23.7 Å². The number of likely N-dealkylation sites (tertiary alicyclic amines) is 1. The largest absolute Gasteiger partial charge is 0.345 e. The lowest BCUT2D eigenvalue weighted by Crippen LogP contribution is -2.30. The molecule has 1 amide bonds. The topological polar surface area (TPSA) is 113 Å². The van der Waals surface area contributed by atoms with Crippen LogP contribution in [0.3, 0.4) is 0 Å². The SMILES string of the molecule is O=C(/C=C/c1cnc[nH]1)N1CCCC1c1nccnc1Nc1ncccn1. The molecule has 0 bridgehead atoms. The quantitative estimate of drug-likeness (QED) is 0.668. The van der Waals surface area contributed by atoms with Crippen LogP contribution in [0.2, 0.25) is 0 Å². The molecule has 0 aromatic carbocycles. The molecule has 3 aromatic heterocycles. The average Bonchev–Trinajstić information content (AvgIpc) is 3.39. The van der Waals surface area contributed by atoms with Crippen molar-refractivity contribution in [3.05, 3.63) is 60.8 Å². The van der Waals surface area contributed by atoms with Crippen molar-refractivity contribution < 1.29 is 4.79 Å². The minimum absolute atomic E-state index is 0.0698. The van der Waals surface area contributed by atoms with Gasteiger partial charge in [-0.15, -0.1) is 0 Å². The van der Waals surface area contributed by atoms with Gasteiger partial charge in [0.1, 0.15) is 5.69 Å². The maximum atomic E-state index is 12.7. The van der Waals surface area contributed by atoms with Crippen molar-refractivity contribution in [3.8, 4) is 0 Å². The van der Waals surface area contributed by atoms with Gasteiger partial charge in [-0.25, -0.2) is 19.9 Å². The predicted molar refractivity (Wildman–Crippen MR) is 98.7 cm³/mol. The summed E-state index contributed by atoms with van der Waals surface area (Å²) in [5.74, 6) is 0.930. The van der Waals surface area contributed by atoms with Crippen molar-refractivity contribution in [1.29, 1.82) is 0 Å². The summed E-state index contributed by atoms with van der Waals surface area (Å²) >= 11 is 0. The molecule has 0 radical (unpaired) electrons. The smallest absolute Gasteiger partial charge is 0.247 e. The van der Waals surface area contributed by atoms with E-state index in [4.69, 9.17) is 0 Å². The number of nitrogens with one attached hydrogen (secondary N) is 2. The van der Waals surface area contributed by atoms with Crippen molar-refractivity contribution in [3.63, 3.8) is 0 Å². The summed E-state index contributed by atoms with van der Waals surface area (Å²) in [5.41, 5.74) is 1.49. The highest BCUT2D eigenvalue weighted by atomic mass is 16.2. The Morgan fingerprint density at radius 1 is 1.19 bits per heavy atom. The number of hydrogen-bond acceptors (Lipinski definition) is 7. The summed E-state index contributed by atoms with van der Waals surface area (Å²) in [7, 11) is 0. The number of aromatic nitrogens is 6. The fourth-order valence-electron chi connectivity index (χ4n) is 3.09. The van der Waals surface area contributed by atoms with Gasteiger partial charge in [0, 0.05) is 37.4 Å². The molecule has 1 fully saturated rings. The van der Waals surface area contributed by atoms with Gasteiger partial charge in [-0.3, -0.25) is 9.78 Å². The number of H-pyrrole nitrogens is 1. The second-order valence-electron chi connectivity index (χ2n) is 6.02. The van der Waals surface area contributed by atoms with Gasteiger partial charge in [-0.1, -0.05) is 0 Å². The molecule has 1 atom stereocenters. The molecular formula is C18H18N8O. The van der Waals surface area contributed by atoms with Crippen molar-refractivity contribution in [2.45, 2.75) is 18.9 Å². The van der Waals surface area contributed by atoms with E-state index < -0.39 is 0 Å². The van der Waals surface area contributed by atoms with E-state index in [2.05, 4.69) is 35.2 Å². The van der Waals surface area contributed by atoms with Crippen LogP contribution in [0.1, 0.15) is 30.3 Å². The Bertz CT molecular complexity index is 926. The lowest BCUT2D eigenvalue weighted by molar-refractivity contribution is -0.126. The summed E-state index contributed by atoms with van der Waals surface area (Å²) < 4.78 is 0. The lowest BCUT2D eigenvalue weighted by Gasteiger charge is -2.24. The Morgan fingerprint density at radius 3 is 2.85 bits per heavy atom. The van der Waals surface area contributed by atoms with Gasteiger partial charge < -0.3 is 15.2 Å². The normalized spacial score (nSPS) is 16.7. The number of amides is 1. The number of carbonyl (C=O) groups is 1. The monoisotopic (exact) mass is 362 g/mol. The molecule has 0 aliphatic carbocycles. The minimum Gasteiger partial charge on any atom is -0.345 e. The molecule has 27 heavy (non-hydrogen) atoms. The Labute approximate surface area is 155 Å². The fraction of sp³-hybridized carbons (Fsp3) is 0.222. The van der Waals surface area contributed by atoms with Crippen LogP contribution in [0, 0.1) is 0 Å². The first kappa shape index (κ1) is 16.8. The van der Waals surface area contributed by atoms with Gasteiger partial charge in [0.05, 0.1) is 24.3 Å². The molecule has 4 rings (SSSR count). The first-order valence-corrected chi connectivity index (χ1v) is 8.63. The molecule has 1 aliphatic heterocycles. The standard InChI is InChI=1S/C18H18N8O/c27-15(5-4-13-11-19-12-24-13)26-10-1-3-14(26)16-17(21-9-8-20-16)25-18-22-6-2-7-23-18/h2,4-9,11-12,14H,1,3,10H2,(H,19,24)(H,21,22,23,25)/b5-4+. The number of carbonyl (C=O) groups excluding carboxylic acids is 1. The van der Waals surface area contributed by atoms with Crippen LogP contribution in [0.25, 0.3) is 6.08 Å². The molecule has 2 N–H and O–H groups in total. The van der Waals surface area contributed by atoms with Crippen molar-refractivity contribution in [2.24, 2.45) is 0 Å². The maximum absolute atomic E-state index is 12.7. The number of aromatic amines is 1. The van der Waals surface area contributed by atoms with Gasteiger partial charge in [-0.05, 0) is 25.0 Å². The van der Waals surface area contributed by atoms with E-state index in [0.717, 1.165) is 18.5 Å².